The zero-order valence-corrected chi connectivity index (χ0v) is 14.8. The predicted octanol–water partition coefficient (Wildman–Crippen LogP) is 4.42. The van der Waals surface area contributed by atoms with Gasteiger partial charge in [0.1, 0.15) is 5.00 Å². The molecule has 2 amide bonds. The van der Waals surface area contributed by atoms with Gasteiger partial charge in [-0.05, 0) is 43.2 Å². The van der Waals surface area contributed by atoms with Crippen LogP contribution in [0.4, 0.5) is 5.00 Å². The van der Waals surface area contributed by atoms with Crippen LogP contribution in [-0.4, -0.2) is 11.8 Å². The highest BCUT2D eigenvalue weighted by Crippen LogP contribution is 2.32. The summed E-state index contributed by atoms with van der Waals surface area (Å²) in [7, 11) is 0. The van der Waals surface area contributed by atoms with E-state index >= 15 is 0 Å². The Hall–Kier alpha value is -1.82. The van der Waals surface area contributed by atoms with Crippen molar-refractivity contribution in [2.24, 2.45) is 5.73 Å². The summed E-state index contributed by atoms with van der Waals surface area (Å²) in [5.41, 5.74) is 7.24. The van der Waals surface area contributed by atoms with Gasteiger partial charge in [-0.2, -0.15) is 0 Å². The van der Waals surface area contributed by atoms with Crippen molar-refractivity contribution in [1.29, 1.82) is 0 Å². The molecule has 0 radical (unpaired) electrons. The SMILES string of the molecule is Cc1sc(NC(=O)/C=C/c2ccc(Cl)c(Cl)c2)c(C(N)=O)c1C. The average Bonchev–Trinajstić information content (AvgIpc) is 2.75. The summed E-state index contributed by atoms with van der Waals surface area (Å²) in [6.45, 7) is 3.67. The van der Waals surface area contributed by atoms with E-state index in [2.05, 4.69) is 5.32 Å². The fraction of sp³-hybridized carbons (Fsp3) is 0.125. The standard InChI is InChI=1S/C16H14Cl2N2O2S/c1-8-9(2)23-16(14(8)15(19)22)20-13(21)6-4-10-3-5-11(17)12(18)7-10/h3-7H,1-2H3,(H2,19,22)(H,20,21)/b6-4+. The normalized spacial score (nSPS) is 11.0. The van der Waals surface area contributed by atoms with Crippen molar-refractivity contribution < 1.29 is 9.59 Å². The van der Waals surface area contributed by atoms with Gasteiger partial charge in [-0.1, -0.05) is 29.3 Å². The molecule has 2 aromatic rings. The second kappa shape index (κ2) is 7.17. The van der Waals surface area contributed by atoms with Gasteiger partial charge in [0.2, 0.25) is 5.91 Å². The second-order valence-corrected chi connectivity index (χ2v) is 6.89. The number of carbonyl (C=O) groups is 2. The summed E-state index contributed by atoms with van der Waals surface area (Å²) in [6, 6.07) is 5.05. The zero-order valence-electron chi connectivity index (χ0n) is 12.4. The van der Waals surface area contributed by atoms with Gasteiger partial charge < -0.3 is 11.1 Å². The Kier molecular flexibility index (Phi) is 5.46. The smallest absolute Gasteiger partial charge is 0.251 e. The Labute approximate surface area is 147 Å². The molecule has 0 aliphatic rings. The molecule has 2 rings (SSSR count). The summed E-state index contributed by atoms with van der Waals surface area (Å²) in [6.07, 6.45) is 2.96. The molecule has 1 aromatic heterocycles. The number of aryl methyl sites for hydroxylation is 1. The first kappa shape index (κ1) is 17.5. The van der Waals surface area contributed by atoms with Crippen LogP contribution in [0.5, 0.6) is 0 Å². The van der Waals surface area contributed by atoms with Crippen molar-refractivity contribution in [3.05, 3.63) is 55.9 Å². The number of hydrogen-bond acceptors (Lipinski definition) is 3. The first-order valence-electron chi connectivity index (χ1n) is 6.63. The van der Waals surface area contributed by atoms with E-state index in [4.69, 9.17) is 28.9 Å². The molecule has 23 heavy (non-hydrogen) atoms. The van der Waals surface area contributed by atoms with Gasteiger partial charge in [-0.15, -0.1) is 11.3 Å². The highest BCUT2D eigenvalue weighted by atomic mass is 35.5. The van der Waals surface area contributed by atoms with Gasteiger partial charge in [-0.3, -0.25) is 9.59 Å². The third-order valence-corrected chi connectivity index (χ3v) is 5.10. The van der Waals surface area contributed by atoms with Gasteiger partial charge in [0.25, 0.3) is 5.91 Å². The molecule has 0 unspecified atom stereocenters. The molecule has 1 aromatic carbocycles. The van der Waals surface area contributed by atoms with Crippen LogP contribution in [0, 0.1) is 13.8 Å². The quantitative estimate of drug-likeness (QED) is 0.783. The Bertz CT molecular complexity index is 813. The van der Waals surface area contributed by atoms with Gasteiger partial charge in [0, 0.05) is 11.0 Å². The van der Waals surface area contributed by atoms with E-state index in [-0.39, 0.29) is 5.91 Å². The Morgan fingerprint density at radius 2 is 1.91 bits per heavy atom. The molecular formula is C16H14Cl2N2O2S. The third-order valence-electron chi connectivity index (χ3n) is 3.24. The summed E-state index contributed by atoms with van der Waals surface area (Å²) in [4.78, 5) is 24.5. The topological polar surface area (TPSA) is 72.2 Å². The van der Waals surface area contributed by atoms with E-state index in [0.29, 0.717) is 20.6 Å². The van der Waals surface area contributed by atoms with E-state index in [0.717, 1.165) is 16.0 Å². The maximum absolute atomic E-state index is 12.0. The number of nitrogens with one attached hydrogen (secondary N) is 1. The molecule has 0 bridgehead atoms. The number of carbonyl (C=O) groups excluding carboxylic acids is 2. The molecule has 120 valence electrons. The van der Waals surface area contributed by atoms with Crippen LogP contribution in [0.1, 0.15) is 26.4 Å². The first-order valence-corrected chi connectivity index (χ1v) is 8.20. The van der Waals surface area contributed by atoms with Crippen molar-refractivity contribution in [2.45, 2.75) is 13.8 Å². The lowest BCUT2D eigenvalue weighted by Crippen LogP contribution is -2.16. The number of thiophene rings is 1. The van der Waals surface area contributed by atoms with E-state index in [1.54, 1.807) is 31.2 Å². The fourth-order valence-corrected chi connectivity index (χ4v) is 3.33. The second-order valence-electron chi connectivity index (χ2n) is 4.85. The van der Waals surface area contributed by atoms with E-state index in [1.165, 1.54) is 17.4 Å². The number of amides is 2. The van der Waals surface area contributed by atoms with Crippen LogP contribution >= 0.6 is 34.5 Å². The maximum atomic E-state index is 12.0. The Morgan fingerprint density at radius 1 is 1.22 bits per heavy atom. The van der Waals surface area contributed by atoms with Crippen LogP contribution in [-0.2, 0) is 4.79 Å². The number of hydrogen-bond donors (Lipinski definition) is 2. The first-order chi connectivity index (χ1) is 10.8. The molecule has 3 N–H and O–H groups in total. The van der Waals surface area contributed by atoms with Crippen molar-refractivity contribution in [3.63, 3.8) is 0 Å². The number of nitrogens with two attached hydrogens (primary N) is 1. The van der Waals surface area contributed by atoms with E-state index in [1.807, 2.05) is 6.92 Å². The minimum Gasteiger partial charge on any atom is -0.365 e. The molecule has 0 spiro atoms. The Morgan fingerprint density at radius 3 is 2.52 bits per heavy atom. The molecule has 7 heteroatoms. The summed E-state index contributed by atoms with van der Waals surface area (Å²) in [5.74, 6) is -0.921. The minimum absolute atomic E-state index is 0.351. The third kappa shape index (κ3) is 4.13. The van der Waals surface area contributed by atoms with Crippen LogP contribution < -0.4 is 11.1 Å². The average molecular weight is 369 g/mol. The van der Waals surface area contributed by atoms with Crippen LogP contribution in [0.15, 0.2) is 24.3 Å². The number of primary amides is 1. The summed E-state index contributed by atoms with van der Waals surface area (Å²) in [5, 5.41) is 4.00. The van der Waals surface area contributed by atoms with Crippen LogP contribution in [0.3, 0.4) is 0 Å². The van der Waals surface area contributed by atoms with Crippen molar-refractivity contribution in [2.75, 3.05) is 5.32 Å². The van der Waals surface area contributed by atoms with E-state index < -0.39 is 5.91 Å². The van der Waals surface area contributed by atoms with E-state index in [9.17, 15) is 9.59 Å². The largest absolute Gasteiger partial charge is 0.365 e. The van der Waals surface area contributed by atoms with Gasteiger partial charge in [-0.25, -0.2) is 0 Å². The monoisotopic (exact) mass is 368 g/mol. The molecular weight excluding hydrogens is 355 g/mol. The molecule has 4 nitrogen and oxygen atoms in total. The van der Waals surface area contributed by atoms with Crippen LogP contribution in [0.25, 0.3) is 6.08 Å². The van der Waals surface area contributed by atoms with Crippen molar-refractivity contribution >= 4 is 57.4 Å². The predicted molar refractivity (Wildman–Crippen MR) is 96.4 cm³/mol. The van der Waals surface area contributed by atoms with Crippen molar-refractivity contribution in [1.82, 2.24) is 0 Å². The lowest BCUT2D eigenvalue weighted by molar-refractivity contribution is -0.111. The molecule has 0 aliphatic heterocycles. The molecule has 0 saturated heterocycles. The van der Waals surface area contributed by atoms with Crippen LogP contribution in [0.2, 0.25) is 10.0 Å². The number of halogens is 2. The molecule has 0 atom stereocenters. The number of rotatable bonds is 4. The summed E-state index contributed by atoms with van der Waals surface area (Å²) < 4.78 is 0. The molecule has 0 aliphatic carbocycles. The highest BCUT2D eigenvalue weighted by molar-refractivity contribution is 7.16. The summed E-state index contributed by atoms with van der Waals surface area (Å²) >= 11 is 13.1. The fourth-order valence-electron chi connectivity index (χ4n) is 1.95. The molecule has 0 saturated carbocycles. The maximum Gasteiger partial charge on any atom is 0.251 e. The molecule has 0 fully saturated rings. The number of benzene rings is 1. The minimum atomic E-state index is -0.560. The van der Waals surface area contributed by atoms with Gasteiger partial charge >= 0.3 is 0 Å². The lowest BCUT2D eigenvalue weighted by atomic mass is 10.1. The van der Waals surface area contributed by atoms with Gasteiger partial charge in [0.15, 0.2) is 0 Å². The lowest BCUT2D eigenvalue weighted by Gasteiger charge is -2.02. The molecule has 1 heterocycles. The van der Waals surface area contributed by atoms with Crippen molar-refractivity contribution in [3.8, 4) is 0 Å². The highest BCUT2D eigenvalue weighted by Gasteiger charge is 2.18. The Balaban J connectivity index is 2.16. The zero-order chi connectivity index (χ0) is 17.1. The van der Waals surface area contributed by atoms with Gasteiger partial charge in [0.05, 0.1) is 15.6 Å². The number of anilines is 1.